The lowest BCUT2D eigenvalue weighted by Gasteiger charge is -2.16. The fraction of sp³-hybridized carbons (Fsp3) is 0.316. The zero-order valence-electron chi connectivity index (χ0n) is 13.8. The minimum Gasteiger partial charge on any atom is -0.490 e. The highest BCUT2D eigenvalue weighted by Crippen LogP contribution is 2.26. The van der Waals surface area contributed by atoms with Gasteiger partial charge in [-0.3, -0.25) is 9.78 Å². The van der Waals surface area contributed by atoms with Crippen LogP contribution in [0.4, 0.5) is 0 Å². The van der Waals surface area contributed by atoms with Crippen molar-refractivity contribution in [1.29, 1.82) is 0 Å². The van der Waals surface area contributed by atoms with Crippen molar-refractivity contribution in [1.82, 2.24) is 10.3 Å². The van der Waals surface area contributed by atoms with Crippen LogP contribution in [0.1, 0.15) is 52.1 Å². The van der Waals surface area contributed by atoms with E-state index in [2.05, 4.69) is 10.3 Å². The second-order valence-corrected chi connectivity index (χ2v) is 6.05. The molecule has 25 heavy (non-hydrogen) atoms. The molecule has 1 aliphatic rings. The average Bonchev–Trinajstić information content (AvgIpc) is 3.14. The number of benzene rings is 1. The second-order valence-electron chi connectivity index (χ2n) is 6.05. The Morgan fingerprint density at radius 3 is 2.72 bits per heavy atom. The molecule has 1 saturated carbocycles. The Balaban J connectivity index is 1.66. The first-order valence-corrected chi connectivity index (χ1v) is 8.35. The molecule has 6 heteroatoms. The molecule has 6 nitrogen and oxygen atoms in total. The molecule has 0 aliphatic heterocycles. The lowest BCUT2D eigenvalue weighted by molar-refractivity contribution is 0.0696. The number of carboxylic acids is 1. The highest BCUT2D eigenvalue weighted by atomic mass is 16.5. The van der Waals surface area contributed by atoms with Gasteiger partial charge in [0.1, 0.15) is 11.4 Å². The molecule has 0 spiro atoms. The van der Waals surface area contributed by atoms with Gasteiger partial charge in [-0.1, -0.05) is 18.2 Å². The van der Waals surface area contributed by atoms with Crippen molar-refractivity contribution in [3.63, 3.8) is 0 Å². The first kappa shape index (κ1) is 17.0. The Morgan fingerprint density at radius 1 is 1.20 bits per heavy atom. The number of carbonyl (C=O) groups is 2. The fourth-order valence-electron chi connectivity index (χ4n) is 2.90. The molecule has 3 rings (SSSR count). The summed E-state index contributed by atoms with van der Waals surface area (Å²) < 4.78 is 6.05. The Bertz CT molecular complexity index is 770. The quantitative estimate of drug-likeness (QED) is 0.844. The van der Waals surface area contributed by atoms with Gasteiger partial charge in [0.2, 0.25) is 0 Å². The van der Waals surface area contributed by atoms with Gasteiger partial charge >= 0.3 is 5.97 Å². The van der Waals surface area contributed by atoms with Crippen molar-refractivity contribution >= 4 is 11.9 Å². The molecule has 0 unspecified atom stereocenters. The van der Waals surface area contributed by atoms with Crippen molar-refractivity contribution in [2.45, 2.75) is 38.3 Å². The van der Waals surface area contributed by atoms with E-state index >= 15 is 0 Å². The van der Waals surface area contributed by atoms with Gasteiger partial charge < -0.3 is 15.2 Å². The molecule has 1 fully saturated rings. The lowest BCUT2D eigenvalue weighted by Crippen LogP contribution is -2.24. The van der Waals surface area contributed by atoms with Crippen LogP contribution < -0.4 is 10.1 Å². The first-order chi connectivity index (χ1) is 12.1. The number of hydrogen-bond acceptors (Lipinski definition) is 4. The van der Waals surface area contributed by atoms with E-state index in [1.807, 2.05) is 24.3 Å². The third-order valence-corrected chi connectivity index (χ3v) is 4.25. The van der Waals surface area contributed by atoms with Crippen molar-refractivity contribution in [3.8, 4) is 5.75 Å². The summed E-state index contributed by atoms with van der Waals surface area (Å²) in [6.45, 7) is 0.292. The van der Waals surface area contributed by atoms with Crippen molar-refractivity contribution in [2.24, 2.45) is 0 Å². The normalized spacial score (nSPS) is 14.2. The zero-order valence-corrected chi connectivity index (χ0v) is 13.8. The van der Waals surface area contributed by atoms with E-state index in [1.54, 1.807) is 0 Å². The van der Waals surface area contributed by atoms with Gasteiger partial charge in [0.05, 0.1) is 11.7 Å². The number of rotatable bonds is 6. The Hall–Kier alpha value is -2.89. The van der Waals surface area contributed by atoms with Crippen LogP contribution in [-0.2, 0) is 6.54 Å². The SMILES string of the molecule is O=C(O)c1ccnc(C(=O)NCc2ccccc2OC2CCCC2)c1. The summed E-state index contributed by atoms with van der Waals surface area (Å²) in [4.78, 5) is 27.2. The number of para-hydroxylation sites is 1. The van der Waals surface area contributed by atoms with E-state index in [-0.39, 0.29) is 17.4 Å². The lowest BCUT2D eigenvalue weighted by atomic mass is 10.2. The van der Waals surface area contributed by atoms with Gasteiger partial charge in [0.15, 0.2) is 0 Å². The van der Waals surface area contributed by atoms with E-state index in [4.69, 9.17) is 9.84 Å². The Morgan fingerprint density at radius 2 is 1.96 bits per heavy atom. The van der Waals surface area contributed by atoms with Crippen molar-refractivity contribution in [2.75, 3.05) is 0 Å². The first-order valence-electron chi connectivity index (χ1n) is 8.35. The number of aromatic carboxylic acids is 1. The molecule has 2 N–H and O–H groups in total. The van der Waals surface area contributed by atoms with E-state index in [1.165, 1.54) is 31.2 Å². The second kappa shape index (κ2) is 7.79. The molecule has 1 aromatic heterocycles. The molecule has 1 aromatic carbocycles. The third-order valence-electron chi connectivity index (χ3n) is 4.25. The van der Waals surface area contributed by atoms with Crippen LogP contribution in [0.5, 0.6) is 5.75 Å². The fourth-order valence-corrected chi connectivity index (χ4v) is 2.90. The minimum absolute atomic E-state index is 0.0325. The van der Waals surface area contributed by atoms with Crippen LogP contribution in [0.3, 0.4) is 0 Å². The number of pyridine rings is 1. The molecule has 1 aliphatic carbocycles. The van der Waals surface area contributed by atoms with Gasteiger partial charge in [0, 0.05) is 18.3 Å². The predicted octanol–water partition coefficient (Wildman–Crippen LogP) is 3.03. The number of hydrogen-bond donors (Lipinski definition) is 2. The minimum atomic E-state index is -1.09. The molecule has 1 heterocycles. The summed E-state index contributed by atoms with van der Waals surface area (Å²) in [7, 11) is 0. The average molecular weight is 340 g/mol. The van der Waals surface area contributed by atoms with Gasteiger partial charge in [-0.2, -0.15) is 0 Å². The third kappa shape index (κ3) is 4.35. The maximum atomic E-state index is 12.2. The molecule has 2 aromatic rings. The van der Waals surface area contributed by atoms with Gasteiger partial charge in [-0.25, -0.2) is 4.79 Å². The number of carbonyl (C=O) groups excluding carboxylic acids is 1. The number of nitrogens with zero attached hydrogens (tertiary/aromatic N) is 1. The predicted molar refractivity (Wildman–Crippen MR) is 91.7 cm³/mol. The molecule has 1 amide bonds. The number of ether oxygens (including phenoxy) is 1. The molecule has 0 bridgehead atoms. The van der Waals surface area contributed by atoms with E-state index in [9.17, 15) is 9.59 Å². The number of amides is 1. The van der Waals surface area contributed by atoms with Gasteiger partial charge in [0.25, 0.3) is 5.91 Å². The standard InChI is InChI=1S/C19H20N2O4/c22-18(16-11-13(19(23)24)9-10-20-16)21-12-14-5-1-4-8-17(14)25-15-6-2-3-7-15/h1,4-5,8-11,15H,2-3,6-7,12H2,(H,21,22)(H,23,24). The number of nitrogens with one attached hydrogen (secondary N) is 1. The summed E-state index contributed by atoms with van der Waals surface area (Å²) >= 11 is 0. The van der Waals surface area contributed by atoms with E-state index in [0.29, 0.717) is 6.54 Å². The summed E-state index contributed by atoms with van der Waals surface area (Å²) in [5, 5.41) is 11.8. The molecular formula is C19H20N2O4. The maximum Gasteiger partial charge on any atom is 0.335 e. The number of carboxylic acid groups (broad SMARTS) is 1. The Kier molecular flexibility index (Phi) is 5.28. The molecule has 0 atom stereocenters. The van der Waals surface area contributed by atoms with Crippen molar-refractivity contribution < 1.29 is 19.4 Å². The maximum absolute atomic E-state index is 12.2. The largest absolute Gasteiger partial charge is 0.490 e. The van der Waals surface area contributed by atoms with Gasteiger partial charge in [-0.05, 0) is 43.9 Å². The van der Waals surface area contributed by atoms with Crippen LogP contribution >= 0.6 is 0 Å². The molecular weight excluding hydrogens is 320 g/mol. The highest BCUT2D eigenvalue weighted by molar-refractivity contribution is 5.95. The van der Waals surface area contributed by atoms with Crippen LogP contribution in [0.2, 0.25) is 0 Å². The van der Waals surface area contributed by atoms with Gasteiger partial charge in [-0.15, -0.1) is 0 Å². The summed E-state index contributed by atoms with van der Waals surface area (Å²) in [5.74, 6) is -0.729. The number of aromatic nitrogens is 1. The van der Waals surface area contributed by atoms with E-state index < -0.39 is 11.9 Å². The van der Waals surface area contributed by atoms with Crippen LogP contribution in [0, 0.1) is 0 Å². The summed E-state index contributed by atoms with van der Waals surface area (Å²) in [6.07, 6.45) is 6.06. The van der Waals surface area contributed by atoms with Crippen LogP contribution in [-0.4, -0.2) is 28.1 Å². The molecule has 130 valence electrons. The monoisotopic (exact) mass is 340 g/mol. The Labute approximate surface area is 145 Å². The van der Waals surface area contributed by atoms with E-state index in [0.717, 1.165) is 24.2 Å². The smallest absolute Gasteiger partial charge is 0.335 e. The van der Waals surface area contributed by atoms with Crippen LogP contribution in [0.25, 0.3) is 0 Å². The topological polar surface area (TPSA) is 88.5 Å². The molecule has 0 radical (unpaired) electrons. The zero-order chi connectivity index (χ0) is 17.6. The highest BCUT2D eigenvalue weighted by Gasteiger charge is 2.18. The van der Waals surface area contributed by atoms with Crippen LogP contribution in [0.15, 0.2) is 42.6 Å². The summed E-state index contributed by atoms with van der Waals surface area (Å²) in [6, 6.07) is 10.2. The summed E-state index contributed by atoms with van der Waals surface area (Å²) in [5.41, 5.74) is 0.997. The molecule has 0 saturated heterocycles. The van der Waals surface area contributed by atoms with Crippen molar-refractivity contribution in [3.05, 3.63) is 59.4 Å².